The molecule has 0 spiro atoms. The summed E-state index contributed by atoms with van der Waals surface area (Å²) in [6.07, 6.45) is -4.08. The molecule has 0 aliphatic carbocycles. The maximum Gasteiger partial charge on any atom is 0.434 e. The van der Waals surface area contributed by atoms with Gasteiger partial charge in [0.15, 0.2) is 23.2 Å². The fourth-order valence-electron chi connectivity index (χ4n) is 2.21. The summed E-state index contributed by atoms with van der Waals surface area (Å²) in [6.45, 7) is 3.11. The summed E-state index contributed by atoms with van der Waals surface area (Å²) in [5.41, 5.74) is -0.266. The molecule has 3 N–H and O–H groups in total. The third kappa shape index (κ3) is 7.00. The summed E-state index contributed by atoms with van der Waals surface area (Å²) in [4.78, 5) is 7.97. The molecule has 0 radical (unpaired) electrons. The minimum absolute atomic E-state index is 0. The number of phenolic OH excluding ortho intramolecular Hbond substituents is 1. The van der Waals surface area contributed by atoms with E-state index < -0.39 is 11.9 Å². The maximum atomic E-state index is 12.6. The Morgan fingerprint density at radius 2 is 2.07 bits per heavy atom. The van der Waals surface area contributed by atoms with E-state index in [9.17, 15) is 18.3 Å². The van der Waals surface area contributed by atoms with Crippen molar-refractivity contribution in [2.75, 3.05) is 20.2 Å². The van der Waals surface area contributed by atoms with Crippen molar-refractivity contribution in [3.05, 3.63) is 39.8 Å². The van der Waals surface area contributed by atoms with Crippen LogP contribution in [0.25, 0.3) is 0 Å². The Kier molecular flexibility index (Phi) is 9.79. The van der Waals surface area contributed by atoms with Crippen molar-refractivity contribution in [1.29, 1.82) is 0 Å². The summed E-state index contributed by atoms with van der Waals surface area (Å²) in [6, 6.07) is 5.14. The highest BCUT2D eigenvalue weighted by atomic mass is 127. The molecular formula is C17H22F3IN4O2S. The maximum absolute atomic E-state index is 12.6. The van der Waals surface area contributed by atoms with Gasteiger partial charge in [0, 0.05) is 30.5 Å². The smallest absolute Gasteiger partial charge is 0.434 e. The van der Waals surface area contributed by atoms with E-state index in [1.54, 1.807) is 18.2 Å². The van der Waals surface area contributed by atoms with E-state index in [1.165, 1.54) is 7.11 Å². The summed E-state index contributed by atoms with van der Waals surface area (Å²) in [5.74, 6) is 0.888. The van der Waals surface area contributed by atoms with Gasteiger partial charge in [-0.25, -0.2) is 9.98 Å². The first-order chi connectivity index (χ1) is 12.8. The first kappa shape index (κ1) is 24.3. The van der Waals surface area contributed by atoms with Crippen molar-refractivity contribution < 1.29 is 23.0 Å². The van der Waals surface area contributed by atoms with Crippen molar-refractivity contribution in [3.8, 4) is 11.5 Å². The van der Waals surface area contributed by atoms with E-state index in [4.69, 9.17) is 4.74 Å². The molecule has 0 saturated heterocycles. The van der Waals surface area contributed by atoms with Crippen molar-refractivity contribution in [2.45, 2.75) is 26.1 Å². The fraction of sp³-hybridized carbons (Fsp3) is 0.412. The molecule has 0 bridgehead atoms. The molecule has 1 heterocycles. The standard InChI is InChI=1S/C17H21F3N4O2S.HI/c1-3-21-16(23-9-11-5-4-6-12(26-2)15(11)25)22-8-7-14-24-13(10-27-14)17(18,19)20;/h4-6,10,25H,3,7-9H2,1-2H3,(H2,21,22,23);1H. The zero-order valence-corrected chi connectivity index (χ0v) is 18.5. The van der Waals surface area contributed by atoms with E-state index in [2.05, 4.69) is 20.6 Å². The number of aromatic hydroxyl groups is 1. The highest BCUT2D eigenvalue weighted by Gasteiger charge is 2.33. The van der Waals surface area contributed by atoms with Gasteiger partial charge in [-0.05, 0) is 13.0 Å². The van der Waals surface area contributed by atoms with Crippen LogP contribution < -0.4 is 15.4 Å². The SMILES string of the molecule is CCNC(=NCc1cccc(OC)c1O)NCCc1nc(C(F)(F)F)cs1.I. The molecule has 28 heavy (non-hydrogen) atoms. The van der Waals surface area contributed by atoms with Crippen LogP contribution in [-0.4, -0.2) is 36.2 Å². The van der Waals surface area contributed by atoms with Gasteiger partial charge in [0.2, 0.25) is 0 Å². The van der Waals surface area contributed by atoms with Gasteiger partial charge < -0.3 is 20.5 Å². The Hall–Kier alpha value is -1.76. The van der Waals surface area contributed by atoms with Crippen LogP contribution in [0.15, 0.2) is 28.6 Å². The van der Waals surface area contributed by atoms with Gasteiger partial charge in [-0.3, -0.25) is 0 Å². The number of thiazole rings is 1. The number of aliphatic imine (C=N–C) groups is 1. The molecular weight excluding hydrogens is 508 g/mol. The number of halogens is 4. The van der Waals surface area contributed by atoms with Crippen LogP contribution in [0.1, 0.15) is 23.2 Å². The van der Waals surface area contributed by atoms with Crippen LogP contribution >= 0.6 is 35.3 Å². The van der Waals surface area contributed by atoms with Crippen LogP contribution in [0.4, 0.5) is 13.2 Å². The quantitative estimate of drug-likeness (QED) is 0.289. The number of nitrogens with one attached hydrogen (secondary N) is 2. The number of methoxy groups -OCH3 is 1. The number of para-hydroxylation sites is 1. The van der Waals surface area contributed by atoms with Gasteiger partial charge in [-0.2, -0.15) is 13.2 Å². The van der Waals surface area contributed by atoms with E-state index in [0.717, 1.165) is 16.7 Å². The number of hydrogen-bond donors (Lipinski definition) is 3. The van der Waals surface area contributed by atoms with Gasteiger partial charge in [0.25, 0.3) is 0 Å². The van der Waals surface area contributed by atoms with E-state index in [0.29, 0.717) is 41.8 Å². The molecule has 0 saturated carbocycles. The summed E-state index contributed by atoms with van der Waals surface area (Å²) < 4.78 is 42.8. The summed E-state index contributed by atoms with van der Waals surface area (Å²) in [7, 11) is 1.47. The van der Waals surface area contributed by atoms with Crippen LogP contribution in [0.5, 0.6) is 11.5 Å². The van der Waals surface area contributed by atoms with Crippen molar-refractivity contribution >= 4 is 41.3 Å². The number of phenols is 1. The number of hydrogen-bond acceptors (Lipinski definition) is 5. The van der Waals surface area contributed by atoms with Gasteiger partial charge in [0.1, 0.15) is 0 Å². The Bertz CT molecular complexity index is 784. The number of nitrogens with zero attached hydrogens (tertiary/aromatic N) is 2. The number of alkyl halides is 3. The lowest BCUT2D eigenvalue weighted by Crippen LogP contribution is -2.38. The van der Waals surface area contributed by atoms with Gasteiger partial charge in [-0.15, -0.1) is 35.3 Å². The average molecular weight is 530 g/mol. The number of guanidine groups is 1. The van der Waals surface area contributed by atoms with Crippen molar-refractivity contribution in [1.82, 2.24) is 15.6 Å². The molecule has 0 amide bonds. The van der Waals surface area contributed by atoms with Crippen molar-refractivity contribution in [3.63, 3.8) is 0 Å². The van der Waals surface area contributed by atoms with Crippen LogP contribution in [0, 0.1) is 0 Å². The Labute approximate surface area is 182 Å². The number of ether oxygens (including phenoxy) is 1. The highest BCUT2D eigenvalue weighted by molar-refractivity contribution is 14.0. The largest absolute Gasteiger partial charge is 0.504 e. The van der Waals surface area contributed by atoms with Crippen LogP contribution in [0.3, 0.4) is 0 Å². The predicted molar refractivity (Wildman–Crippen MR) is 114 cm³/mol. The third-order valence-electron chi connectivity index (χ3n) is 3.53. The van der Waals surface area contributed by atoms with E-state index in [1.807, 2.05) is 6.92 Å². The molecule has 2 aromatic rings. The van der Waals surface area contributed by atoms with Crippen LogP contribution in [-0.2, 0) is 19.1 Å². The van der Waals surface area contributed by atoms with E-state index >= 15 is 0 Å². The normalized spacial score (nSPS) is 11.7. The molecule has 6 nitrogen and oxygen atoms in total. The molecule has 156 valence electrons. The Morgan fingerprint density at radius 1 is 1.32 bits per heavy atom. The lowest BCUT2D eigenvalue weighted by Gasteiger charge is -2.11. The molecule has 0 unspecified atom stereocenters. The number of rotatable bonds is 7. The van der Waals surface area contributed by atoms with Gasteiger partial charge >= 0.3 is 6.18 Å². The fourth-order valence-corrected chi connectivity index (χ4v) is 3.01. The van der Waals surface area contributed by atoms with Crippen molar-refractivity contribution in [2.24, 2.45) is 4.99 Å². The molecule has 0 aliphatic rings. The first-order valence-electron chi connectivity index (χ1n) is 8.23. The summed E-state index contributed by atoms with van der Waals surface area (Å²) in [5, 5.41) is 17.6. The first-order valence-corrected chi connectivity index (χ1v) is 9.11. The van der Waals surface area contributed by atoms with Gasteiger partial charge in [-0.1, -0.05) is 12.1 Å². The second-order valence-electron chi connectivity index (χ2n) is 5.46. The Balaban J connectivity index is 0.00000392. The molecule has 1 aromatic carbocycles. The molecule has 0 atom stereocenters. The average Bonchev–Trinajstić information content (AvgIpc) is 3.10. The minimum atomic E-state index is -4.42. The molecule has 0 aliphatic heterocycles. The Morgan fingerprint density at radius 3 is 2.68 bits per heavy atom. The second-order valence-corrected chi connectivity index (χ2v) is 6.41. The van der Waals surface area contributed by atoms with E-state index in [-0.39, 0.29) is 36.3 Å². The zero-order valence-electron chi connectivity index (χ0n) is 15.3. The minimum Gasteiger partial charge on any atom is -0.504 e. The highest BCUT2D eigenvalue weighted by Crippen LogP contribution is 2.30. The lowest BCUT2D eigenvalue weighted by molar-refractivity contribution is -0.140. The second kappa shape index (κ2) is 11.3. The molecule has 0 fully saturated rings. The zero-order chi connectivity index (χ0) is 19.9. The number of benzene rings is 1. The molecule has 2 rings (SSSR count). The topological polar surface area (TPSA) is 78.8 Å². The number of aromatic nitrogens is 1. The third-order valence-corrected chi connectivity index (χ3v) is 4.44. The predicted octanol–water partition coefficient (Wildman–Crippen LogP) is 3.79. The molecule has 1 aromatic heterocycles. The van der Waals surface area contributed by atoms with Crippen LogP contribution in [0.2, 0.25) is 0 Å². The monoisotopic (exact) mass is 530 g/mol. The lowest BCUT2D eigenvalue weighted by atomic mass is 10.2. The van der Waals surface area contributed by atoms with Gasteiger partial charge in [0.05, 0.1) is 18.7 Å². The molecule has 11 heteroatoms. The summed E-state index contributed by atoms with van der Waals surface area (Å²) >= 11 is 0.979.